The van der Waals surface area contributed by atoms with Crippen LogP contribution in [0.5, 0.6) is 0 Å². The summed E-state index contributed by atoms with van der Waals surface area (Å²) >= 11 is 1.78. The van der Waals surface area contributed by atoms with Crippen molar-refractivity contribution >= 4 is 17.0 Å². The van der Waals surface area contributed by atoms with E-state index >= 15 is 0 Å². The van der Waals surface area contributed by atoms with Crippen LogP contribution < -0.4 is 5.73 Å². The minimum absolute atomic E-state index is 0.643. The molecule has 0 unspecified atom stereocenters. The topological polar surface area (TPSA) is 26.0 Å². The van der Waals surface area contributed by atoms with Gasteiger partial charge in [0, 0.05) is 10.6 Å². The number of thiophene rings is 1. The van der Waals surface area contributed by atoms with E-state index in [4.69, 9.17) is 5.73 Å². The third kappa shape index (κ3) is 2.24. The molecule has 0 fully saturated rings. The van der Waals surface area contributed by atoms with Crippen LogP contribution in [0.4, 0.5) is 5.69 Å². The third-order valence-electron chi connectivity index (χ3n) is 2.17. The van der Waals surface area contributed by atoms with Gasteiger partial charge < -0.3 is 5.73 Å². The molecule has 0 bridgehead atoms. The van der Waals surface area contributed by atoms with Crippen molar-refractivity contribution in [1.29, 1.82) is 0 Å². The predicted molar refractivity (Wildman–Crippen MR) is 56.7 cm³/mol. The van der Waals surface area contributed by atoms with Gasteiger partial charge in [-0.05, 0) is 23.8 Å². The lowest BCUT2D eigenvalue weighted by atomic mass is 10.0. The number of nitrogens with two attached hydrogens (primary N) is 1. The van der Waals surface area contributed by atoms with Crippen LogP contribution in [0.2, 0.25) is 0 Å². The highest BCUT2D eigenvalue weighted by atomic mass is 32.1. The maximum Gasteiger partial charge on any atom is 0.0458 e. The molecule has 1 nitrogen and oxygen atoms in total. The molecule has 0 saturated carbocycles. The molecule has 2 heteroatoms. The van der Waals surface area contributed by atoms with E-state index in [0.717, 1.165) is 5.69 Å². The summed E-state index contributed by atoms with van der Waals surface area (Å²) in [5.74, 6) is 0.643. The summed E-state index contributed by atoms with van der Waals surface area (Å²) in [7, 11) is 0. The van der Waals surface area contributed by atoms with E-state index in [0.29, 0.717) is 5.92 Å². The van der Waals surface area contributed by atoms with Crippen molar-refractivity contribution in [3.8, 4) is 0 Å². The lowest BCUT2D eigenvalue weighted by molar-refractivity contribution is 0.633. The number of nitrogen functional groups attached to an aromatic ring is 1. The van der Waals surface area contributed by atoms with Gasteiger partial charge in [-0.25, -0.2) is 0 Å². The Morgan fingerprint density at radius 3 is 2.83 bits per heavy atom. The Bertz CT molecular complexity index is 229. The Hall–Kier alpha value is -0.500. The molecule has 1 aromatic heterocycles. The molecule has 0 aliphatic carbocycles. The average molecular weight is 183 g/mol. The molecule has 0 saturated heterocycles. The third-order valence-corrected chi connectivity index (χ3v) is 3.33. The van der Waals surface area contributed by atoms with Crippen molar-refractivity contribution in [2.75, 3.05) is 5.73 Å². The van der Waals surface area contributed by atoms with E-state index in [-0.39, 0.29) is 0 Å². The Morgan fingerprint density at radius 2 is 2.33 bits per heavy atom. The first-order chi connectivity index (χ1) is 5.75. The Labute approximate surface area is 78.6 Å². The van der Waals surface area contributed by atoms with Crippen LogP contribution in [-0.4, -0.2) is 0 Å². The molecule has 1 heterocycles. The fourth-order valence-corrected chi connectivity index (χ4v) is 2.29. The molecule has 0 spiro atoms. The first-order valence-corrected chi connectivity index (χ1v) is 5.46. The molecular formula is C10H17NS. The lowest BCUT2D eigenvalue weighted by Crippen LogP contribution is -1.94. The van der Waals surface area contributed by atoms with Crippen LogP contribution in [0.15, 0.2) is 11.4 Å². The second-order valence-corrected chi connectivity index (χ2v) is 4.23. The van der Waals surface area contributed by atoms with E-state index in [2.05, 4.69) is 19.2 Å². The summed E-state index contributed by atoms with van der Waals surface area (Å²) in [6.07, 6.45) is 3.84. The zero-order valence-corrected chi connectivity index (χ0v) is 8.66. The highest BCUT2D eigenvalue weighted by Crippen LogP contribution is 2.30. The van der Waals surface area contributed by atoms with Gasteiger partial charge in [0.25, 0.3) is 0 Å². The molecule has 1 rings (SSSR count). The maximum atomic E-state index is 5.82. The van der Waals surface area contributed by atoms with Gasteiger partial charge in [-0.3, -0.25) is 0 Å². The molecular weight excluding hydrogens is 166 g/mol. The minimum Gasteiger partial charge on any atom is -0.398 e. The van der Waals surface area contributed by atoms with Crippen molar-refractivity contribution in [3.05, 3.63) is 16.3 Å². The highest BCUT2D eigenvalue weighted by Gasteiger charge is 2.09. The van der Waals surface area contributed by atoms with Gasteiger partial charge in [-0.1, -0.05) is 26.7 Å². The van der Waals surface area contributed by atoms with Crippen LogP contribution in [-0.2, 0) is 0 Å². The van der Waals surface area contributed by atoms with Crippen LogP contribution in [0, 0.1) is 0 Å². The first-order valence-electron chi connectivity index (χ1n) is 4.58. The SMILES string of the molecule is CCCC[C@@H](C)c1sccc1N. The summed E-state index contributed by atoms with van der Waals surface area (Å²) in [5, 5.41) is 2.08. The van der Waals surface area contributed by atoms with E-state index in [1.165, 1.54) is 24.1 Å². The minimum atomic E-state index is 0.643. The highest BCUT2D eigenvalue weighted by molar-refractivity contribution is 7.10. The van der Waals surface area contributed by atoms with Gasteiger partial charge in [-0.2, -0.15) is 0 Å². The Balaban J connectivity index is 2.52. The van der Waals surface area contributed by atoms with Crippen molar-refractivity contribution in [2.24, 2.45) is 0 Å². The normalized spacial score (nSPS) is 13.2. The molecule has 0 amide bonds. The van der Waals surface area contributed by atoms with Crippen LogP contribution in [0.3, 0.4) is 0 Å². The zero-order chi connectivity index (χ0) is 8.97. The maximum absolute atomic E-state index is 5.82. The predicted octanol–water partition coefficient (Wildman–Crippen LogP) is 3.62. The number of hydrogen-bond donors (Lipinski definition) is 1. The number of hydrogen-bond acceptors (Lipinski definition) is 2. The Kier molecular flexibility index (Phi) is 3.60. The van der Waals surface area contributed by atoms with Gasteiger partial charge in [0.15, 0.2) is 0 Å². The fourth-order valence-electron chi connectivity index (χ4n) is 1.37. The van der Waals surface area contributed by atoms with Gasteiger partial charge in [0.05, 0.1) is 0 Å². The molecule has 1 atom stereocenters. The van der Waals surface area contributed by atoms with Gasteiger partial charge in [-0.15, -0.1) is 11.3 Å². The molecule has 0 aliphatic rings. The van der Waals surface area contributed by atoms with Crippen LogP contribution >= 0.6 is 11.3 Å². The van der Waals surface area contributed by atoms with E-state index in [9.17, 15) is 0 Å². The largest absolute Gasteiger partial charge is 0.398 e. The second kappa shape index (κ2) is 4.51. The smallest absolute Gasteiger partial charge is 0.0458 e. The Morgan fingerprint density at radius 1 is 1.58 bits per heavy atom. The number of anilines is 1. The average Bonchev–Trinajstić information content (AvgIpc) is 2.47. The van der Waals surface area contributed by atoms with E-state index in [1.54, 1.807) is 11.3 Å². The second-order valence-electron chi connectivity index (χ2n) is 3.28. The monoisotopic (exact) mass is 183 g/mol. The van der Waals surface area contributed by atoms with Crippen molar-refractivity contribution in [3.63, 3.8) is 0 Å². The van der Waals surface area contributed by atoms with Gasteiger partial charge >= 0.3 is 0 Å². The van der Waals surface area contributed by atoms with Gasteiger partial charge in [0.1, 0.15) is 0 Å². The summed E-state index contributed by atoms with van der Waals surface area (Å²) in [4.78, 5) is 1.36. The van der Waals surface area contributed by atoms with Crippen molar-refractivity contribution < 1.29 is 0 Å². The quantitative estimate of drug-likeness (QED) is 0.758. The summed E-state index contributed by atoms with van der Waals surface area (Å²) in [6.45, 7) is 4.49. The fraction of sp³-hybridized carbons (Fsp3) is 0.600. The van der Waals surface area contributed by atoms with Crippen LogP contribution in [0.25, 0.3) is 0 Å². The molecule has 0 aromatic carbocycles. The number of unbranched alkanes of at least 4 members (excludes halogenated alkanes) is 1. The zero-order valence-electron chi connectivity index (χ0n) is 7.84. The van der Waals surface area contributed by atoms with Crippen molar-refractivity contribution in [1.82, 2.24) is 0 Å². The molecule has 1 aromatic rings. The van der Waals surface area contributed by atoms with Crippen molar-refractivity contribution in [2.45, 2.75) is 39.0 Å². The summed E-state index contributed by atoms with van der Waals surface area (Å²) < 4.78 is 0. The molecule has 0 aliphatic heterocycles. The summed E-state index contributed by atoms with van der Waals surface area (Å²) in [5.41, 5.74) is 6.80. The van der Waals surface area contributed by atoms with Gasteiger partial charge in [0.2, 0.25) is 0 Å². The standard InChI is InChI=1S/C10H17NS/c1-3-4-5-8(2)10-9(11)6-7-12-10/h6-8H,3-5,11H2,1-2H3/t8-/m1/s1. The van der Waals surface area contributed by atoms with E-state index in [1.807, 2.05) is 6.07 Å². The lowest BCUT2D eigenvalue weighted by Gasteiger charge is -2.08. The summed E-state index contributed by atoms with van der Waals surface area (Å²) in [6, 6.07) is 2.00. The first kappa shape index (κ1) is 9.59. The molecule has 12 heavy (non-hydrogen) atoms. The number of rotatable bonds is 4. The van der Waals surface area contributed by atoms with Crippen LogP contribution in [0.1, 0.15) is 43.9 Å². The molecule has 0 radical (unpaired) electrons. The molecule has 2 N–H and O–H groups in total. The molecule has 68 valence electrons. The van der Waals surface area contributed by atoms with E-state index < -0.39 is 0 Å².